The molecule has 1 N–H and O–H groups in total. The third-order valence-electron chi connectivity index (χ3n) is 4.00. The first-order chi connectivity index (χ1) is 10.9. The maximum absolute atomic E-state index is 12.0. The van der Waals surface area contributed by atoms with Gasteiger partial charge in [-0.25, -0.2) is 4.79 Å². The fourth-order valence-electron chi connectivity index (χ4n) is 2.66. The molecule has 6 heteroatoms. The molecule has 0 heterocycles. The van der Waals surface area contributed by atoms with Gasteiger partial charge >= 0.3 is 17.9 Å². The SMILES string of the molecule is C=C(C)C(=O)OCCCCCOC(=O)C1CCCCC1C(=O)O. The Kier molecular flexibility index (Phi) is 8.37. The maximum Gasteiger partial charge on any atom is 0.333 e. The van der Waals surface area contributed by atoms with Gasteiger partial charge in [-0.3, -0.25) is 9.59 Å². The van der Waals surface area contributed by atoms with Crippen LogP contribution in [-0.4, -0.2) is 36.2 Å². The van der Waals surface area contributed by atoms with E-state index in [1.165, 1.54) is 0 Å². The van der Waals surface area contributed by atoms with Crippen LogP contribution < -0.4 is 0 Å². The molecule has 0 bridgehead atoms. The van der Waals surface area contributed by atoms with Gasteiger partial charge < -0.3 is 14.6 Å². The van der Waals surface area contributed by atoms with Crippen LogP contribution in [0.1, 0.15) is 51.9 Å². The predicted octanol–water partition coefficient (Wildman–Crippen LogP) is 2.71. The number of rotatable bonds is 9. The third-order valence-corrected chi connectivity index (χ3v) is 4.00. The van der Waals surface area contributed by atoms with Gasteiger partial charge in [-0.05, 0) is 39.0 Å². The zero-order valence-corrected chi connectivity index (χ0v) is 13.7. The molecule has 0 aliphatic heterocycles. The lowest BCUT2D eigenvalue weighted by Gasteiger charge is -2.26. The van der Waals surface area contributed by atoms with Gasteiger partial charge in [0.05, 0.1) is 25.0 Å². The third kappa shape index (κ3) is 6.84. The van der Waals surface area contributed by atoms with Crippen molar-refractivity contribution in [3.63, 3.8) is 0 Å². The van der Waals surface area contributed by atoms with Crippen molar-refractivity contribution < 1.29 is 29.0 Å². The highest BCUT2D eigenvalue weighted by Crippen LogP contribution is 2.31. The molecular weight excluding hydrogens is 300 g/mol. The average Bonchev–Trinajstić information content (AvgIpc) is 2.53. The molecule has 1 saturated carbocycles. The van der Waals surface area contributed by atoms with Crippen LogP contribution in [0.5, 0.6) is 0 Å². The smallest absolute Gasteiger partial charge is 0.333 e. The van der Waals surface area contributed by atoms with Crippen LogP contribution in [-0.2, 0) is 23.9 Å². The Bertz CT molecular complexity index is 442. The summed E-state index contributed by atoms with van der Waals surface area (Å²) in [5.74, 6) is -2.83. The van der Waals surface area contributed by atoms with Gasteiger partial charge in [0.15, 0.2) is 0 Å². The van der Waals surface area contributed by atoms with Gasteiger partial charge in [-0.1, -0.05) is 19.4 Å². The van der Waals surface area contributed by atoms with Gasteiger partial charge in [0.1, 0.15) is 0 Å². The fourth-order valence-corrected chi connectivity index (χ4v) is 2.66. The summed E-state index contributed by atoms with van der Waals surface area (Å²) < 4.78 is 10.2. The minimum atomic E-state index is -0.911. The standard InChI is InChI=1S/C17H26O6/c1-12(2)16(20)22-10-6-3-7-11-23-17(21)14-9-5-4-8-13(14)15(18)19/h13-14H,1,3-11H2,2H3,(H,18,19). The summed E-state index contributed by atoms with van der Waals surface area (Å²) in [6.45, 7) is 5.68. The number of unbranched alkanes of at least 4 members (excludes halogenated alkanes) is 2. The van der Waals surface area contributed by atoms with E-state index >= 15 is 0 Å². The normalized spacial score (nSPS) is 20.6. The van der Waals surface area contributed by atoms with Crippen molar-refractivity contribution in [2.45, 2.75) is 51.9 Å². The zero-order chi connectivity index (χ0) is 17.2. The summed E-state index contributed by atoms with van der Waals surface area (Å²) in [6.07, 6.45) is 4.99. The molecule has 0 aromatic heterocycles. The molecule has 1 rings (SSSR count). The second-order valence-electron chi connectivity index (χ2n) is 5.98. The minimum absolute atomic E-state index is 0.274. The van der Waals surface area contributed by atoms with E-state index < -0.39 is 29.7 Å². The number of carboxylic acid groups (broad SMARTS) is 1. The van der Waals surface area contributed by atoms with Gasteiger partial charge in [0, 0.05) is 5.57 Å². The van der Waals surface area contributed by atoms with Crippen molar-refractivity contribution in [1.82, 2.24) is 0 Å². The van der Waals surface area contributed by atoms with Gasteiger partial charge in [0.25, 0.3) is 0 Å². The Labute approximate surface area is 136 Å². The van der Waals surface area contributed by atoms with E-state index in [0.717, 1.165) is 19.3 Å². The zero-order valence-electron chi connectivity index (χ0n) is 13.7. The lowest BCUT2D eigenvalue weighted by atomic mass is 9.79. The van der Waals surface area contributed by atoms with E-state index in [2.05, 4.69) is 6.58 Å². The molecule has 0 aromatic carbocycles. The fraction of sp³-hybridized carbons (Fsp3) is 0.706. The monoisotopic (exact) mass is 326 g/mol. The molecule has 1 fully saturated rings. The van der Waals surface area contributed by atoms with Crippen LogP contribution in [0.3, 0.4) is 0 Å². The Morgan fingerprint density at radius 1 is 1.00 bits per heavy atom. The first-order valence-corrected chi connectivity index (χ1v) is 8.15. The number of esters is 2. The average molecular weight is 326 g/mol. The molecule has 130 valence electrons. The Morgan fingerprint density at radius 3 is 2.13 bits per heavy atom. The van der Waals surface area contributed by atoms with E-state index in [4.69, 9.17) is 14.6 Å². The first kappa shape index (κ1) is 19.2. The molecule has 1 aliphatic carbocycles. The van der Waals surface area contributed by atoms with Crippen molar-refractivity contribution >= 4 is 17.9 Å². The van der Waals surface area contributed by atoms with E-state index in [-0.39, 0.29) is 6.61 Å². The van der Waals surface area contributed by atoms with Crippen molar-refractivity contribution in [2.75, 3.05) is 13.2 Å². The molecule has 2 unspecified atom stereocenters. The molecule has 0 radical (unpaired) electrons. The molecule has 0 amide bonds. The Morgan fingerprint density at radius 2 is 1.57 bits per heavy atom. The lowest BCUT2D eigenvalue weighted by molar-refractivity contribution is -0.159. The highest BCUT2D eigenvalue weighted by molar-refractivity contribution is 5.86. The predicted molar refractivity (Wildman–Crippen MR) is 83.7 cm³/mol. The number of carbonyl (C=O) groups excluding carboxylic acids is 2. The van der Waals surface area contributed by atoms with Crippen LogP contribution >= 0.6 is 0 Å². The van der Waals surface area contributed by atoms with Crippen LogP contribution in [0, 0.1) is 11.8 Å². The first-order valence-electron chi connectivity index (χ1n) is 8.15. The van der Waals surface area contributed by atoms with Gasteiger partial charge in [-0.2, -0.15) is 0 Å². The van der Waals surface area contributed by atoms with Crippen LogP contribution in [0.2, 0.25) is 0 Å². The molecular formula is C17H26O6. The topological polar surface area (TPSA) is 89.9 Å². The molecule has 2 atom stereocenters. The lowest BCUT2D eigenvalue weighted by Crippen LogP contribution is -2.33. The number of ether oxygens (including phenoxy) is 2. The van der Waals surface area contributed by atoms with Gasteiger partial charge in [0.2, 0.25) is 0 Å². The van der Waals surface area contributed by atoms with Gasteiger partial charge in [-0.15, -0.1) is 0 Å². The van der Waals surface area contributed by atoms with E-state index in [1.54, 1.807) is 6.92 Å². The summed E-state index contributed by atoms with van der Waals surface area (Å²) in [5.41, 5.74) is 0.374. The second-order valence-corrected chi connectivity index (χ2v) is 5.98. The second kappa shape index (κ2) is 10.0. The number of carboxylic acids is 1. The maximum atomic E-state index is 12.0. The quantitative estimate of drug-likeness (QED) is 0.398. The summed E-state index contributed by atoms with van der Waals surface area (Å²) in [4.78, 5) is 34.3. The van der Waals surface area contributed by atoms with Crippen LogP contribution in [0.15, 0.2) is 12.2 Å². The molecule has 0 saturated heterocycles. The summed E-state index contributed by atoms with van der Waals surface area (Å²) in [6, 6.07) is 0. The molecule has 23 heavy (non-hydrogen) atoms. The highest BCUT2D eigenvalue weighted by atomic mass is 16.5. The summed E-state index contributed by atoms with van der Waals surface area (Å²) in [5, 5.41) is 9.15. The van der Waals surface area contributed by atoms with Crippen molar-refractivity contribution in [3.05, 3.63) is 12.2 Å². The Balaban J connectivity index is 2.15. The van der Waals surface area contributed by atoms with Crippen LogP contribution in [0.25, 0.3) is 0 Å². The number of hydrogen-bond acceptors (Lipinski definition) is 5. The number of hydrogen-bond donors (Lipinski definition) is 1. The summed E-state index contributed by atoms with van der Waals surface area (Å²) >= 11 is 0. The molecule has 0 aromatic rings. The van der Waals surface area contributed by atoms with Crippen molar-refractivity contribution in [1.29, 1.82) is 0 Å². The van der Waals surface area contributed by atoms with E-state index in [9.17, 15) is 14.4 Å². The van der Waals surface area contributed by atoms with Crippen molar-refractivity contribution in [2.24, 2.45) is 11.8 Å². The van der Waals surface area contributed by atoms with Crippen molar-refractivity contribution in [3.8, 4) is 0 Å². The Hall–Kier alpha value is -1.85. The number of aliphatic carboxylic acids is 1. The molecule has 1 aliphatic rings. The van der Waals surface area contributed by atoms with E-state index in [1.807, 2.05) is 0 Å². The molecule has 6 nitrogen and oxygen atoms in total. The van der Waals surface area contributed by atoms with Crippen LogP contribution in [0.4, 0.5) is 0 Å². The number of carbonyl (C=O) groups is 3. The van der Waals surface area contributed by atoms with E-state index in [0.29, 0.717) is 37.9 Å². The molecule has 0 spiro atoms. The summed E-state index contributed by atoms with van der Waals surface area (Å²) in [7, 11) is 0. The highest BCUT2D eigenvalue weighted by Gasteiger charge is 2.36. The largest absolute Gasteiger partial charge is 0.481 e. The minimum Gasteiger partial charge on any atom is -0.481 e.